The molecule has 0 aliphatic heterocycles. The Bertz CT molecular complexity index is 1080. The van der Waals surface area contributed by atoms with Gasteiger partial charge >= 0.3 is 19.8 Å². The molecule has 0 radical (unpaired) electrons. The number of hydrogen-bond acceptors (Lipinski definition) is 7. The van der Waals surface area contributed by atoms with Crippen LogP contribution in [0, 0.1) is 0 Å². The van der Waals surface area contributed by atoms with Gasteiger partial charge in [0.2, 0.25) is 0 Å². The largest absolute Gasteiger partial charge is 0.472 e. The summed E-state index contributed by atoms with van der Waals surface area (Å²) >= 11 is 0. The molecule has 0 bridgehead atoms. The molecule has 0 saturated heterocycles. The van der Waals surface area contributed by atoms with Crippen LogP contribution in [0.4, 0.5) is 0 Å². The normalized spacial score (nSPS) is 13.9. The topological polar surface area (TPSA) is 108 Å². The smallest absolute Gasteiger partial charge is 0.462 e. The summed E-state index contributed by atoms with van der Waals surface area (Å²) in [5, 5.41) is 0. The highest BCUT2D eigenvalue weighted by molar-refractivity contribution is 7.47. The third-order valence-electron chi connectivity index (χ3n) is 9.06. The Morgan fingerprint density at radius 3 is 1.42 bits per heavy atom. The monoisotopic (exact) mass is 793 g/mol. The van der Waals surface area contributed by atoms with E-state index in [1.54, 1.807) is 6.92 Å². The molecule has 0 amide bonds. The molecule has 0 heterocycles. The van der Waals surface area contributed by atoms with Gasteiger partial charge in [0.15, 0.2) is 6.10 Å². The van der Waals surface area contributed by atoms with E-state index >= 15 is 0 Å². The zero-order valence-corrected chi connectivity index (χ0v) is 36.2. The molecule has 55 heavy (non-hydrogen) atoms. The molecule has 0 saturated carbocycles. The van der Waals surface area contributed by atoms with Crippen molar-refractivity contribution in [2.75, 3.05) is 19.8 Å². The van der Waals surface area contributed by atoms with Crippen molar-refractivity contribution in [2.24, 2.45) is 0 Å². The van der Waals surface area contributed by atoms with Crippen LogP contribution >= 0.6 is 7.82 Å². The standard InChI is InChI=1S/C46H81O8P/c1-4-7-9-11-13-15-17-19-21-23-25-26-28-30-32-34-36-38-40-45(47)51-42-44(43-53-55(49,50)52-6-3)54-46(48)41-39-37-35-33-31-29-27-24-22-20-18-16-14-12-10-8-5-2/h8,10,14,16,20-23,27,29,44H,4-7,9,11-13,15,17-19,24-26,28,30-43H2,1-3H3,(H,49,50)/b10-8-,16-14-,22-20-,23-21-,29-27-. The average molecular weight is 793 g/mol. The lowest BCUT2D eigenvalue weighted by Crippen LogP contribution is -2.29. The first-order valence-electron chi connectivity index (χ1n) is 22.1. The van der Waals surface area contributed by atoms with E-state index in [0.29, 0.717) is 6.42 Å². The maximum atomic E-state index is 12.6. The van der Waals surface area contributed by atoms with E-state index < -0.39 is 26.5 Å². The van der Waals surface area contributed by atoms with Gasteiger partial charge in [-0.25, -0.2) is 4.57 Å². The van der Waals surface area contributed by atoms with Crippen molar-refractivity contribution in [3.05, 3.63) is 60.8 Å². The number of ether oxygens (including phenoxy) is 2. The Morgan fingerprint density at radius 1 is 0.509 bits per heavy atom. The molecule has 0 rings (SSSR count). The first-order chi connectivity index (χ1) is 26.8. The third kappa shape index (κ3) is 41.2. The first-order valence-corrected chi connectivity index (χ1v) is 23.6. The maximum Gasteiger partial charge on any atom is 0.472 e. The molecule has 0 fully saturated rings. The molecule has 9 heteroatoms. The summed E-state index contributed by atoms with van der Waals surface area (Å²) in [7, 11) is -4.29. The zero-order valence-electron chi connectivity index (χ0n) is 35.3. The van der Waals surface area contributed by atoms with Crippen LogP contribution in [0.5, 0.6) is 0 Å². The number of phosphoric ester groups is 1. The Balaban J connectivity index is 4.12. The lowest BCUT2D eigenvalue weighted by molar-refractivity contribution is -0.161. The van der Waals surface area contributed by atoms with Crippen molar-refractivity contribution in [3.63, 3.8) is 0 Å². The van der Waals surface area contributed by atoms with Crippen LogP contribution < -0.4 is 0 Å². The molecule has 0 aromatic carbocycles. The number of allylic oxidation sites excluding steroid dienone is 10. The predicted octanol–water partition coefficient (Wildman–Crippen LogP) is 13.9. The van der Waals surface area contributed by atoms with E-state index in [0.717, 1.165) is 70.6 Å². The highest BCUT2D eigenvalue weighted by Crippen LogP contribution is 2.43. The van der Waals surface area contributed by atoms with Crippen molar-refractivity contribution < 1.29 is 37.6 Å². The molecule has 0 aliphatic rings. The molecule has 2 atom stereocenters. The number of hydrogen-bond donors (Lipinski definition) is 1. The second kappa shape index (κ2) is 41.4. The molecule has 1 N–H and O–H groups in total. The van der Waals surface area contributed by atoms with Gasteiger partial charge in [-0.05, 0) is 84.0 Å². The van der Waals surface area contributed by atoms with E-state index in [4.69, 9.17) is 18.5 Å². The van der Waals surface area contributed by atoms with Gasteiger partial charge in [0.25, 0.3) is 0 Å². The van der Waals surface area contributed by atoms with Gasteiger partial charge in [-0.2, -0.15) is 0 Å². The summed E-state index contributed by atoms with van der Waals surface area (Å²) in [4.78, 5) is 34.8. The summed E-state index contributed by atoms with van der Waals surface area (Å²) in [6.07, 6.45) is 49.9. The Hall–Kier alpha value is -2.25. The van der Waals surface area contributed by atoms with Crippen LogP contribution in [-0.2, 0) is 32.7 Å². The minimum absolute atomic E-state index is 0.00769. The average Bonchev–Trinajstić information content (AvgIpc) is 3.16. The van der Waals surface area contributed by atoms with Crippen molar-refractivity contribution in [1.82, 2.24) is 0 Å². The quantitative estimate of drug-likeness (QED) is 0.0283. The molecule has 0 spiro atoms. The zero-order chi connectivity index (χ0) is 40.3. The van der Waals surface area contributed by atoms with Crippen LogP contribution in [0.2, 0.25) is 0 Å². The van der Waals surface area contributed by atoms with E-state index in [-0.39, 0.29) is 32.0 Å². The van der Waals surface area contributed by atoms with Crippen molar-refractivity contribution in [3.8, 4) is 0 Å². The van der Waals surface area contributed by atoms with Gasteiger partial charge in [0, 0.05) is 12.8 Å². The van der Waals surface area contributed by atoms with Crippen molar-refractivity contribution >= 4 is 19.8 Å². The van der Waals surface area contributed by atoms with Gasteiger partial charge in [-0.1, -0.05) is 158 Å². The number of carbonyl (C=O) groups is 2. The van der Waals surface area contributed by atoms with E-state index in [2.05, 4.69) is 74.6 Å². The van der Waals surface area contributed by atoms with Gasteiger partial charge in [-0.15, -0.1) is 0 Å². The summed E-state index contributed by atoms with van der Waals surface area (Å²) < 4.78 is 32.6. The molecule has 8 nitrogen and oxygen atoms in total. The summed E-state index contributed by atoms with van der Waals surface area (Å²) in [6.45, 7) is 5.33. The van der Waals surface area contributed by atoms with E-state index in [1.165, 1.54) is 83.5 Å². The first kappa shape index (κ1) is 52.8. The van der Waals surface area contributed by atoms with Crippen molar-refractivity contribution in [2.45, 2.75) is 200 Å². The highest BCUT2D eigenvalue weighted by Gasteiger charge is 2.25. The fourth-order valence-corrected chi connectivity index (χ4v) is 6.61. The number of phosphoric acid groups is 1. The molecule has 0 aliphatic carbocycles. The molecule has 0 aromatic rings. The SMILES string of the molecule is CC/C=C\C/C=C\C/C=C\C/C=C\CCCCCCC(=O)OC(COC(=O)CCCCCCCCC/C=C\CCCCCCCCC)COP(=O)(O)OCC. The van der Waals surface area contributed by atoms with Gasteiger partial charge < -0.3 is 14.4 Å². The molecule has 2 unspecified atom stereocenters. The van der Waals surface area contributed by atoms with Gasteiger partial charge in [0.05, 0.1) is 13.2 Å². The molecule has 318 valence electrons. The number of rotatable bonds is 40. The fraction of sp³-hybridized carbons (Fsp3) is 0.739. The number of unbranched alkanes of at least 4 members (excludes halogenated alkanes) is 18. The molecular formula is C46H81O8P. The second-order valence-electron chi connectivity index (χ2n) is 14.3. The van der Waals surface area contributed by atoms with Gasteiger partial charge in [-0.3, -0.25) is 18.6 Å². The van der Waals surface area contributed by atoms with Crippen LogP contribution in [0.3, 0.4) is 0 Å². The summed E-state index contributed by atoms with van der Waals surface area (Å²) in [5.41, 5.74) is 0. The minimum atomic E-state index is -4.29. The van der Waals surface area contributed by atoms with Gasteiger partial charge in [0.1, 0.15) is 6.61 Å². The maximum absolute atomic E-state index is 12.6. The van der Waals surface area contributed by atoms with Crippen LogP contribution in [0.15, 0.2) is 60.8 Å². The highest BCUT2D eigenvalue weighted by atomic mass is 31.2. The summed E-state index contributed by atoms with van der Waals surface area (Å²) in [6, 6.07) is 0. The second-order valence-corrected chi connectivity index (χ2v) is 15.8. The summed E-state index contributed by atoms with van der Waals surface area (Å²) in [5.74, 6) is -0.832. The fourth-order valence-electron chi connectivity index (χ4n) is 5.85. The van der Waals surface area contributed by atoms with E-state index in [9.17, 15) is 19.0 Å². The lowest BCUT2D eigenvalue weighted by atomic mass is 10.1. The number of carbonyl (C=O) groups excluding carboxylic acids is 2. The third-order valence-corrected chi connectivity index (χ3v) is 10.1. The Labute approximate surface area is 337 Å². The Kier molecular flexibility index (Phi) is 39.7. The van der Waals surface area contributed by atoms with Crippen LogP contribution in [-0.4, -0.2) is 42.8 Å². The molecular weight excluding hydrogens is 711 g/mol. The van der Waals surface area contributed by atoms with Crippen LogP contribution in [0.25, 0.3) is 0 Å². The van der Waals surface area contributed by atoms with Crippen molar-refractivity contribution in [1.29, 1.82) is 0 Å². The molecule has 0 aromatic heterocycles. The van der Waals surface area contributed by atoms with Crippen LogP contribution in [0.1, 0.15) is 194 Å². The Morgan fingerprint density at radius 2 is 0.927 bits per heavy atom. The predicted molar refractivity (Wildman–Crippen MR) is 230 cm³/mol. The lowest BCUT2D eigenvalue weighted by Gasteiger charge is -2.19. The number of esters is 2. The van der Waals surface area contributed by atoms with E-state index in [1.807, 2.05) is 0 Å². The minimum Gasteiger partial charge on any atom is -0.462 e.